The van der Waals surface area contributed by atoms with E-state index in [0.29, 0.717) is 18.7 Å². The molecule has 1 aliphatic rings. The highest BCUT2D eigenvalue weighted by atomic mass is 16.2. The fraction of sp³-hybridized carbons (Fsp3) is 0.500. The topological polar surface area (TPSA) is 88.1 Å². The summed E-state index contributed by atoms with van der Waals surface area (Å²) in [6.45, 7) is 4.76. The van der Waals surface area contributed by atoms with Crippen molar-refractivity contribution in [3.8, 4) is 0 Å². The Kier molecular flexibility index (Phi) is 5.03. The zero-order valence-corrected chi connectivity index (χ0v) is 14.9. The van der Waals surface area contributed by atoms with E-state index < -0.39 is 0 Å². The van der Waals surface area contributed by atoms with Gasteiger partial charge in [-0.2, -0.15) is 5.10 Å². The number of nitrogens with one attached hydrogen (secondary N) is 3. The molecule has 0 saturated carbocycles. The number of amides is 2. The second kappa shape index (κ2) is 7.23. The van der Waals surface area contributed by atoms with Crippen LogP contribution in [0.3, 0.4) is 0 Å². The number of carbonyl (C=O) groups is 2. The quantitative estimate of drug-likeness (QED) is 0.761. The summed E-state index contributed by atoms with van der Waals surface area (Å²) in [4.78, 5) is 24.2. The van der Waals surface area contributed by atoms with Gasteiger partial charge in [0.25, 0.3) is 5.91 Å². The van der Waals surface area contributed by atoms with Gasteiger partial charge >= 0.3 is 0 Å². The van der Waals surface area contributed by atoms with Gasteiger partial charge in [0.15, 0.2) is 5.69 Å². The maximum absolute atomic E-state index is 12.7. The molecule has 3 N–H and O–H groups in total. The molecule has 2 amide bonds. The molecule has 0 spiro atoms. The molecule has 2 aromatic rings. The number of hydrogen-bond donors (Lipinski definition) is 3. The van der Waals surface area contributed by atoms with E-state index in [2.05, 4.69) is 21.0 Å². The predicted octanol–water partition coefficient (Wildman–Crippen LogP) is 1.21. The highest BCUT2D eigenvalue weighted by Gasteiger charge is 2.28. The third-order valence-corrected chi connectivity index (χ3v) is 4.59. The van der Waals surface area contributed by atoms with Crippen LogP contribution in [0.1, 0.15) is 43.2 Å². The van der Waals surface area contributed by atoms with Gasteiger partial charge in [-0.3, -0.25) is 14.3 Å². The van der Waals surface area contributed by atoms with Gasteiger partial charge in [-0.15, -0.1) is 0 Å². The number of carbonyl (C=O) groups excluding carboxylic acids is 2. The molecule has 0 radical (unpaired) electrons. The minimum Gasteiger partial charge on any atom is -0.359 e. The molecule has 1 saturated heterocycles. The number of hydrogen-bond acceptors (Lipinski definition) is 4. The Hall–Kier alpha value is -2.41. The average molecular weight is 343 g/mol. The van der Waals surface area contributed by atoms with Crippen LogP contribution in [-0.4, -0.2) is 47.3 Å². The van der Waals surface area contributed by atoms with Crippen LogP contribution in [0.2, 0.25) is 0 Å². The van der Waals surface area contributed by atoms with E-state index in [0.717, 1.165) is 17.3 Å². The summed E-state index contributed by atoms with van der Waals surface area (Å²) in [5, 5.41) is 14.4. The van der Waals surface area contributed by atoms with Crippen LogP contribution in [0.15, 0.2) is 24.3 Å². The third-order valence-electron chi connectivity index (χ3n) is 4.59. The zero-order chi connectivity index (χ0) is 18.0. The first kappa shape index (κ1) is 17.4. The lowest BCUT2D eigenvalue weighted by Gasteiger charge is -2.11. The van der Waals surface area contributed by atoms with Crippen molar-refractivity contribution < 1.29 is 9.59 Å². The summed E-state index contributed by atoms with van der Waals surface area (Å²) in [6, 6.07) is 8.06. The van der Waals surface area contributed by atoms with Crippen molar-refractivity contribution in [2.45, 2.75) is 44.8 Å². The fourth-order valence-electron chi connectivity index (χ4n) is 3.31. The van der Waals surface area contributed by atoms with Crippen molar-refractivity contribution in [2.75, 3.05) is 13.6 Å². The summed E-state index contributed by atoms with van der Waals surface area (Å²) in [5.41, 5.74) is 1.42. The van der Waals surface area contributed by atoms with Gasteiger partial charge in [-0.1, -0.05) is 18.2 Å². The summed E-state index contributed by atoms with van der Waals surface area (Å²) >= 11 is 0. The Morgan fingerprint density at radius 1 is 1.36 bits per heavy atom. The molecule has 1 aromatic heterocycles. The Balaban J connectivity index is 1.72. The molecule has 1 fully saturated rings. The Bertz CT molecular complexity index is 783. The first-order valence-electron chi connectivity index (χ1n) is 8.71. The summed E-state index contributed by atoms with van der Waals surface area (Å²) in [5.74, 6) is -0.158. The predicted molar refractivity (Wildman–Crippen MR) is 96.5 cm³/mol. The third kappa shape index (κ3) is 3.66. The Morgan fingerprint density at radius 3 is 2.84 bits per heavy atom. The van der Waals surface area contributed by atoms with Gasteiger partial charge in [0.05, 0.1) is 5.52 Å². The number of benzene rings is 1. The highest BCUT2D eigenvalue weighted by Crippen LogP contribution is 2.22. The van der Waals surface area contributed by atoms with Gasteiger partial charge in [-0.25, -0.2) is 0 Å². The van der Waals surface area contributed by atoms with E-state index in [-0.39, 0.29) is 29.9 Å². The van der Waals surface area contributed by atoms with Crippen molar-refractivity contribution >= 4 is 22.7 Å². The molecular weight excluding hydrogens is 318 g/mol. The van der Waals surface area contributed by atoms with Gasteiger partial charge < -0.3 is 16.0 Å². The number of rotatable bonds is 5. The van der Waals surface area contributed by atoms with Crippen molar-refractivity contribution in [2.24, 2.45) is 0 Å². The van der Waals surface area contributed by atoms with Crippen molar-refractivity contribution in [1.29, 1.82) is 0 Å². The first-order chi connectivity index (χ1) is 12.0. The van der Waals surface area contributed by atoms with E-state index in [1.54, 1.807) is 7.05 Å². The molecule has 1 aromatic carbocycles. The van der Waals surface area contributed by atoms with Gasteiger partial charge in [0.2, 0.25) is 5.91 Å². The molecule has 3 rings (SSSR count). The number of para-hydroxylation sites is 1. The molecule has 0 bridgehead atoms. The minimum absolute atomic E-state index is 0.00474. The molecule has 0 unspecified atom stereocenters. The molecule has 2 heterocycles. The van der Waals surface area contributed by atoms with E-state index >= 15 is 0 Å². The molecule has 0 aliphatic carbocycles. The Labute approximate surface area is 147 Å². The summed E-state index contributed by atoms with van der Waals surface area (Å²) < 4.78 is 1.88. The zero-order valence-electron chi connectivity index (χ0n) is 14.9. The monoisotopic (exact) mass is 343 g/mol. The molecule has 2 atom stereocenters. The number of nitrogens with zero attached hydrogens (tertiary/aromatic N) is 2. The van der Waals surface area contributed by atoms with E-state index in [4.69, 9.17) is 0 Å². The SMILES string of the molecule is CNC(=O)C[C@@H]1C[C@H](NC(=O)c2nn(C(C)C)c3ccccc23)CN1. The molecular formula is C18H25N5O2. The smallest absolute Gasteiger partial charge is 0.272 e. The Morgan fingerprint density at radius 2 is 2.12 bits per heavy atom. The molecule has 7 heteroatoms. The van der Waals surface area contributed by atoms with Crippen LogP contribution in [-0.2, 0) is 4.79 Å². The summed E-state index contributed by atoms with van der Waals surface area (Å²) in [6.07, 6.45) is 1.16. The van der Waals surface area contributed by atoms with Crippen LogP contribution in [0.5, 0.6) is 0 Å². The van der Waals surface area contributed by atoms with E-state index in [1.165, 1.54) is 0 Å². The van der Waals surface area contributed by atoms with Crippen LogP contribution < -0.4 is 16.0 Å². The minimum atomic E-state index is -0.164. The highest BCUT2D eigenvalue weighted by molar-refractivity contribution is 6.05. The van der Waals surface area contributed by atoms with Crippen LogP contribution in [0, 0.1) is 0 Å². The van der Waals surface area contributed by atoms with Crippen LogP contribution >= 0.6 is 0 Å². The largest absolute Gasteiger partial charge is 0.359 e. The van der Waals surface area contributed by atoms with E-state index in [9.17, 15) is 9.59 Å². The summed E-state index contributed by atoms with van der Waals surface area (Å²) in [7, 11) is 1.63. The van der Waals surface area contributed by atoms with Crippen molar-refractivity contribution in [1.82, 2.24) is 25.7 Å². The molecule has 1 aliphatic heterocycles. The number of aromatic nitrogens is 2. The van der Waals surface area contributed by atoms with Gasteiger partial charge in [0.1, 0.15) is 0 Å². The van der Waals surface area contributed by atoms with Gasteiger partial charge in [-0.05, 0) is 26.3 Å². The van der Waals surface area contributed by atoms with Crippen LogP contribution in [0.25, 0.3) is 10.9 Å². The lowest BCUT2D eigenvalue weighted by Crippen LogP contribution is -2.36. The van der Waals surface area contributed by atoms with Crippen molar-refractivity contribution in [3.63, 3.8) is 0 Å². The number of fused-ring (bicyclic) bond motifs is 1. The molecule has 25 heavy (non-hydrogen) atoms. The standard InChI is InChI=1S/C18H25N5O2/c1-11(2)23-15-7-5-4-6-14(15)17(22-23)18(25)21-13-8-12(20-10-13)9-16(24)19-3/h4-7,11-13,20H,8-10H2,1-3H3,(H,19,24)(H,21,25)/t12-,13-/m0/s1. The lowest BCUT2D eigenvalue weighted by molar-refractivity contribution is -0.121. The normalized spacial score (nSPS) is 20.2. The van der Waals surface area contributed by atoms with Crippen molar-refractivity contribution in [3.05, 3.63) is 30.0 Å². The molecule has 134 valence electrons. The second-order valence-corrected chi connectivity index (χ2v) is 6.79. The van der Waals surface area contributed by atoms with Gasteiger partial charge in [0, 0.05) is 43.5 Å². The maximum Gasteiger partial charge on any atom is 0.272 e. The van der Waals surface area contributed by atoms with Crippen LogP contribution in [0.4, 0.5) is 0 Å². The maximum atomic E-state index is 12.7. The fourth-order valence-corrected chi connectivity index (χ4v) is 3.31. The van der Waals surface area contributed by atoms with E-state index in [1.807, 2.05) is 42.8 Å². The second-order valence-electron chi connectivity index (χ2n) is 6.79. The molecule has 7 nitrogen and oxygen atoms in total. The lowest BCUT2D eigenvalue weighted by atomic mass is 10.1. The average Bonchev–Trinajstić information content (AvgIpc) is 3.19. The first-order valence-corrected chi connectivity index (χ1v) is 8.71.